The van der Waals surface area contributed by atoms with Crippen LogP contribution >= 0.6 is 0 Å². The number of carbonyl (C=O) groups excluding carboxylic acids is 2. The van der Waals surface area contributed by atoms with Crippen LogP contribution in [0.5, 0.6) is 0 Å². The van der Waals surface area contributed by atoms with E-state index in [0.717, 1.165) is 16.3 Å². The normalized spacial score (nSPS) is 11.4. The lowest BCUT2D eigenvalue weighted by Crippen LogP contribution is -2.51. The molecule has 3 aromatic carbocycles. The maximum atomic E-state index is 13.8. The van der Waals surface area contributed by atoms with Gasteiger partial charge in [0.15, 0.2) is 0 Å². The summed E-state index contributed by atoms with van der Waals surface area (Å²) in [5.41, 5.74) is 1.23. The zero-order valence-corrected chi connectivity index (χ0v) is 16.9. The van der Waals surface area contributed by atoms with E-state index in [2.05, 4.69) is 16.0 Å². The number of nitrogens with one attached hydrogen (secondary N) is 3. The summed E-state index contributed by atoms with van der Waals surface area (Å²) in [4.78, 5) is 25.0. The van der Waals surface area contributed by atoms with Gasteiger partial charge in [-0.25, -0.2) is 9.18 Å². The summed E-state index contributed by atoms with van der Waals surface area (Å²) >= 11 is 0. The highest BCUT2D eigenvalue weighted by Gasteiger charge is 2.21. The number of nitrogens with zero attached hydrogens (tertiary/aromatic N) is 1. The number of hydrogen-bond acceptors (Lipinski definition) is 3. The molecule has 0 aliphatic heterocycles. The summed E-state index contributed by atoms with van der Waals surface area (Å²) in [5, 5.41) is 18.7. The van der Waals surface area contributed by atoms with Gasteiger partial charge in [-0.05, 0) is 22.4 Å². The third-order valence-corrected chi connectivity index (χ3v) is 4.81. The summed E-state index contributed by atoms with van der Waals surface area (Å²) in [6, 6.07) is 20.4. The lowest BCUT2D eigenvalue weighted by molar-refractivity contribution is -0.122. The predicted molar refractivity (Wildman–Crippen MR) is 116 cm³/mol. The molecular weight excluding hydrogens is 395 g/mol. The number of benzene rings is 3. The van der Waals surface area contributed by atoms with Crippen molar-refractivity contribution in [3.05, 3.63) is 83.7 Å². The van der Waals surface area contributed by atoms with E-state index in [1.54, 1.807) is 18.2 Å². The minimum absolute atomic E-state index is 0.00273. The summed E-state index contributed by atoms with van der Waals surface area (Å²) in [5.74, 6) is -0.797. The Morgan fingerprint density at radius 3 is 2.48 bits per heavy atom. The summed E-state index contributed by atoms with van der Waals surface area (Å²) < 4.78 is 13.8. The van der Waals surface area contributed by atoms with Gasteiger partial charge in [-0.2, -0.15) is 5.26 Å². The molecule has 31 heavy (non-hydrogen) atoms. The first kappa shape index (κ1) is 21.8. The number of urea groups is 1. The molecule has 158 valence electrons. The molecule has 0 saturated carbocycles. The Labute approximate surface area is 180 Å². The fraction of sp³-hybridized carbons (Fsp3) is 0.208. The summed E-state index contributed by atoms with van der Waals surface area (Å²) in [6.07, 6.45) is 0.449. The smallest absolute Gasteiger partial charge is 0.315 e. The maximum Gasteiger partial charge on any atom is 0.315 e. The van der Waals surface area contributed by atoms with E-state index in [1.807, 2.05) is 48.5 Å². The number of carbonyl (C=O) groups is 2. The van der Waals surface area contributed by atoms with Crippen molar-refractivity contribution in [1.82, 2.24) is 16.0 Å². The Balaban J connectivity index is 1.69. The van der Waals surface area contributed by atoms with Crippen molar-refractivity contribution in [1.29, 1.82) is 5.26 Å². The van der Waals surface area contributed by atoms with E-state index in [-0.39, 0.29) is 31.8 Å². The van der Waals surface area contributed by atoms with Gasteiger partial charge in [0.05, 0.1) is 12.5 Å². The number of halogens is 1. The Morgan fingerprint density at radius 2 is 1.71 bits per heavy atom. The van der Waals surface area contributed by atoms with E-state index in [1.165, 1.54) is 6.07 Å². The van der Waals surface area contributed by atoms with Gasteiger partial charge in [-0.1, -0.05) is 60.7 Å². The lowest BCUT2D eigenvalue weighted by Gasteiger charge is -2.19. The van der Waals surface area contributed by atoms with Crippen LogP contribution in [0, 0.1) is 17.1 Å². The molecule has 0 aliphatic carbocycles. The molecule has 3 aromatic rings. The topological polar surface area (TPSA) is 94.0 Å². The fourth-order valence-electron chi connectivity index (χ4n) is 3.20. The van der Waals surface area contributed by atoms with Crippen LogP contribution in [0.2, 0.25) is 0 Å². The molecular formula is C24H23FN4O2. The summed E-state index contributed by atoms with van der Waals surface area (Å²) in [7, 11) is 0. The molecule has 0 spiro atoms. The van der Waals surface area contributed by atoms with Crippen LogP contribution in [-0.2, 0) is 17.8 Å². The second-order valence-electron chi connectivity index (χ2n) is 7.06. The van der Waals surface area contributed by atoms with Gasteiger partial charge < -0.3 is 16.0 Å². The zero-order valence-electron chi connectivity index (χ0n) is 16.9. The highest BCUT2D eigenvalue weighted by atomic mass is 19.1. The van der Waals surface area contributed by atoms with E-state index in [9.17, 15) is 14.0 Å². The van der Waals surface area contributed by atoms with Crippen molar-refractivity contribution in [3.8, 4) is 6.07 Å². The summed E-state index contributed by atoms with van der Waals surface area (Å²) in [6.45, 7) is 0.194. The number of fused-ring (bicyclic) bond motifs is 1. The maximum absolute atomic E-state index is 13.8. The molecule has 0 radical (unpaired) electrons. The molecule has 3 amide bonds. The molecule has 0 bridgehead atoms. The van der Waals surface area contributed by atoms with E-state index < -0.39 is 17.9 Å². The molecule has 3 rings (SSSR count). The quantitative estimate of drug-likeness (QED) is 0.489. The third kappa shape index (κ3) is 6.28. The van der Waals surface area contributed by atoms with Crippen molar-refractivity contribution in [2.75, 3.05) is 6.54 Å². The van der Waals surface area contributed by atoms with Gasteiger partial charge in [0.2, 0.25) is 5.91 Å². The van der Waals surface area contributed by atoms with Crippen LogP contribution in [0.25, 0.3) is 10.8 Å². The van der Waals surface area contributed by atoms with Crippen molar-refractivity contribution < 1.29 is 14.0 Å². The van der Waals surface area contributed by atoms with Crippen LogP contribution < -0.4 is 16.0 Å². The van der Waals surface area contributed by atoms with Gasteiger partial charge in [0.1, 0.15) is 11.9 Å². The minimum Gasteiger partial charge on any atom is -0.353 e. The first-order valence-corrected chi connectivity index (χ1v) is 9.97. The SMILES string of the molecule is N#CCCNC(=O)C(Cc1ccc2ccccc2c1)NC(=O)NCc1ccccc1F. The van der Waals surface area contributed by atoms with Crippen LogP contribution in [0.4, 0.5) is 9.18 Å². The number of hydrogen-bond donors (Lipinski definition) is 3. The first-order chi connectivity index (χ1) is 15.1. The monoisotopic (exact) mass is 418 g/mol. The molecule has 0 aromatic heterocycles. The van der Waals surface area contributed by atoms with E-state index >= 15 is 0 Å². The molecule has 0 saturated heterocycles. The largest absolute Gasteiger partial charge is 0.353 e. The highest BCUT2D eigenvalue weighted by molar-refractivity contribution is 5.88. The second kappa shape index (κ2) is 10.7. The lowest BCUT2D eigenvalue weighted by atomic mass is 10.0. The Kier molecular flexibility index (Phi) is 7.55. The molecule has 1 atom stereocenters. The van der Waals surface area contributed by atoms with Crippen molar-refractivity contribution >= 4 is 22.7 Å². The van der Waals surface area contributed by atoms with Gasteiger partial charge in [0, 0.05) is 25.1 Å². The van der Waals surface area contributed by atoms with Crippen LogP contribution in [0.15, 0.2) is 66.7 Å². The third-order valence-electron chi connectivity index (χ3n) is 4.81. The second-order valence-corrected chi connectivity index (χ2v) is 7.06. The van der Waals surface area contributed by atoms with Gasteiger partial charge >= 0.3 is 6.03 Å². The zero-order chi connectivity index (χ0) is 22.1. The van der Waals surface area contributed by atoms with Crippen molar-refractivity contribution in [3.63, 3.8) is 0 Å². The molecule has 7 heteroatoms. The van der Waals surface area contributed by atoms with E-state index in [4.69, 9.17) is 5.26 Å². The van der Waals surface area contributed by atoms with Gasteiger partial charge in [0.25, 0.3) is 0 Å². The molecule has 0 fully saturated rings. The Hall–Kier alpha value is -3.92. The predicted octanol–water partition coefficient (Wildman–Crippen LogP) is 3.42. The van der Waals surface area contributed by atoms with Crippen LogP contribution in [0.1, 0.15) is 17.5 Å². The molecule has 6 nitrogen and oxygen atoms in total. The highest BCUT2D eigenvalue weighted by Crippen LogP contribution is 2.17. The average Bonchev–Trinajstić information content (AvgIpc) is 2.78. The van der Waals surface area contributed by atoms with Crippen LogP contribution in [-0.4, -0.2) is 24.5 Å². The fourth-order valence-corrected chi connectivity index (χ4v) is 3.20. The Morgan fingerprint density at radius 1 is 0.968 bits per heavy atom. The first-order valence-electron chi connectivity index (χ1n) is 9.97. The van der Waals surface area contributed by atoms with E-state index in [0.29, 0.717) is 5.56 Å². The Bertz CT molecular complexity index is 1110. The van der Waals surface area contributed by atoms with Crippen molar-refractivity contribution in [2.24, 2.45) is 0 Å². The van der Waals surface area contributed by atoms with Gasteiger partial charge in [-0.3, -0.25) is 4.79 Å². The number of rotatable bonds is 8. The van der Waals surface area contributed by atoms with Crippen molar-refractivity contribution in [2.45, 2.75) is 25.4 Å². The minimum atomic E-state index is -0.847. The average molecular weight is 418 g/mol. The molecule has 1 unspecified atom stereocenters. The standard InChI is InChI=1S/C24H23FN4O2/c25-21-9-4-3-8-20(21)16-28-24(31)29-22(23(30)27-13-5-12-26)15-17-10-11-18-6-1-2-7-19(18)14-17/h1-4,6-11,14,22H,5,13,15-16H2,(H,27,30)(H2,28,29,31). The molecule has 0 aliphatic rings. The van der Waals surface area contributed by atoms with Gasteiger partial charge in [-0.15, -0.1) is 0 Å². The molecule has 3 N–H and O–H groups in total. The molecule has 0 heterocycles. The van der Waals surface area contributed by atoms with Crippen LogP contribution in [0.3, 0.4) is 0 Å². The number of nitriles is 1. The number of amides is 3.